The molecule has 0 saturated carbocycles. The number of Topliss-reactive ketones (excluding diaryl/α,β-unsaturated/α-hetero) is 1. The molecule has 120 valence electrons. The van der Waals surface area contributed by atoms with E-state index >= 15 is 0 Å². The van der Waals surface area contributed by atoms with E-state index in [2.05, 4.69) is 22.5 Å². The standard InChI is InChI=1S/C14H16BrFO.2C2H6/c1-2-4-13(17)5-3-6-14(15)11-7-9-12(16)10-8-11;2*1-2/h2,7-10,14H,1,3-6H2;2*1-2H3. The number of carbonyl (C=O) groups is 1. The van der Waals surface area contributed by atoms with Gasteiger partial charge in [-0.1, -0.05) is 61.8 Å². The molecule has 0 bridgehead atoms. The Labute approximate surface area is 137 Å². The first kappa shape index (κ1) is 22.3. The fourth-order valence-corrected chi connectivity index (χ4v) is 2.21. The van der Waals surface area contributed by atoms with Gasteiger partial charge in [0.1, 0.15) is 11.6 Å². The lowest BCUT2D eigenvalue weighted by atomic mass is 10.0. The molecule has 0 saturated heterocycles. The number of hydrogen-bond acceptors (Lipinski definition) is 1. The van der Waals surface area contributed by atoms with Crippen LogP contribution in [0.5, 0.6) is 0 Å². The van der Waals surface area contributed by atoms with E-state index in [1.807, 2.05) is 27.7 Å². The molecule has 0 N–H and O–H groups in total. The molecule has 1 unspecified atom stereocenters. The molecule has 0 aliphatic carbocycles. The van der Waals surface area contributed by atoms with Crippen LogP contribution in [0.2, 0.25) is 0 Å². The molecule has 3 heteroatoms. The van der Waals surface area contributed by atoms with Crippen LogP contribution in [0.1, 0.15) is 63.8 Å². The highest BCUT2D eigenvalue weighted by molar-refractivity contribution is 9.09. The van der Waals surface area contributed by atoms with E-state index in [0.29, 0.717) is 12.8 Å². The number of alkyl halides is 1. The summed E-state index contributed by atoms with van der Waals surface area (Å²) in [6.07, 6.45) is 4.36. The van der Waals surface area contributed by atoms with E-state index in [-0.39, 0.29) is 16.4 Å². The lowest BCUT2D eigenvalue weighted by Crippen LogP contribution is -1.97. The van der Waals surface area contributed by atoms with Crippen molar-refractivity contribution in [2.75, 3.05) is 0 Å². The lowest BCUT2D eigenvalue weighted by Gasteiger charge is -2.09. The summed E-state index contributed by atoms with van der Waals surface area (Å²) in [5.41, 5.74) is 1.04. The Kier molecular flexibility index (Phi) is 16.4. The van der Waals surface area contributed by atoms with Gasteiger partial charge in [0, 0.05) is 17.7 Å². The van der Waals surface area contributed by atoms with Gasteiger partial charge in [0.05, 0.1) is 0 Å². The van der Waals surface area contributed by atoms with Crippen LogP contribution >= 0.6 is 15.9 Å². The summed E-state index contributed by atoms with van der Waals surface area (Å²) in [5.74, 6) is -0.00610. The van der Waals surface area contributed by atoms with Crippen LogP contribution in [0.3, 0.4) is 0 Å². The van der Waals surface area contributed by atoms with E-state index < -0.39 is 0 Å². The van der Waals surface area contributed by atoms with Gasteiger partial charge in [-0.15, -0.1) is 6.58 Å². The Morgan fingerprint density at radius 3 is 2.24 bits per heavy atom. The minimum absolute atomic E-state index is 0.180. The van der Waals surface area contributed by atoms with Gasteiger partial charge in [-0.05, 0) is 30.5 Å². The minimum Gasteiger partial charge on any atom is -0.299 e. The second-order valence-electron chi connectivity index (χ2n) is 3.94. The molecular formula is C18H28BrFO. The molecule has 0 aliphatic heterocycles. The monoisotopic (exact) mass is 358 g/mol. The average molecular weight is 359 g/mol. The average Bonchev–Trinajstić information content (AvgIpc) is 2.52. The van der Waals surface area contributed by atoms with Crippen LogP contribution in [0.25, 0.3) is 0 Å². The van der Waals surface area contributed by atoms with E-state index in [1.165, 1.54) is 12.1 Å². The first-order valence-corrected chi connectivity index (χ1v) is 8.57. The van der Waals surface area contributed by atoms with Crippen LogP contribution < -0.4 is 0 Å². The van der Waals surface area contributed by atoms with Crippen molar-refractivity contribution >= 4 is 21.7 Å². The first-order chi connectivity index (χ1) is 10.1. The second kappa shape index (κ2) is 15.4. The van der Waals surface area contributed by atoms with Gasteiger partial charge in [-0.25, -0.2) is 4.39 Å². The molecule has 1 rings (SSSR count). The Bertz CT molecular complexity index is 373. The van der Waals surface area contributed by atoms with Gasteiger partial charge < -0.3 is 0 Å². The molecule has 0 fully saturated rings. The lowest BCUT2D eigenvalue weighted by molar-refractivity contribution is -0.118. The predicted molar refractivity (Wildman–Crippen MR) is 94.4 cm³/mol. The molecule has 1 nitrogen and oxygen atoms in total. The van der Waals surface area contributed by atoms with E-state index in [4.69, 9.17) is 0 Å². The fourth-order valence-electron chi connectivity index (χ4n) is 1.58. The molecule has 0 heterocycles. The summed E-state index contributed by atoms with van der Waals surface area (Å²) in [5, 5.41) is 0. The van der Waals surface area contributed by atoms with Crippen LogP contribution in [0, 0.1) is 5.82 Å². The number of ketones is 1. The topological polar surface area (TPSA) is 17.1 Å². The Balaban J connectivity index is 0. The fraction of sp³-hybridized carbons (Fsp3) is 0.500. The van der Waals surface area contributed by atoms with E-state index in [0.717, 1.165) is 18.4 Å². The largest absolute Gasteiger partial charge is 0.299 e. The highest BCUT2D eigenvalue weighted by Crippen LogP contribution is 2.28. The zero-order valence-corrected chi connectivity index (χ0v) is 15.2. The van der Waals surface area contributed by atoms with Crippen molar-refractivity contribution in [2.24, 2.45) is 0 Å². The smallest absolute Gasteiger partial charge is 0.136 e. The SMILES string of the molecule is C=CCC(=O)CCCC(Br)c1ccc(F)cc1.CC.CC. The second-order valence-corrected chi connectivity index (χ2v) is 5.05. The van der Waals surface area contributed by atoms with Crippen molar-refractivity contribution in [1.29, 1.82) is 0 Å². The number of rotatable bonds is 7. The molecule has 0 aliphatic rings. The molecule has 1 aromatic rings. The van der Waals surface area contributed by atoms with Crippen molar-refractivity contribution in [3.63, 3.8) is 0 Å². The Morgan fingerprint density at radius 2 is 1.76 bits per heavy atom. The van der Waals surface area contributed by atoms with Crippen molar-refractivity contribution in [3.05, 3.63) is 48.3 Å². The van der Waals surface area contributed by atoms with Gasteiger partial charge in [0.25, 0.3) is 0 Å². The normalized spacial score (nSPS) is 10.4. The van der Waals surface area contributed by atoms with Crippen molar-refractivity contribution in [1.82, 2.24) is 0 Å². The van der Waals surface area contributed by atoms with Gasteiger partial charge in [-0.3, -0.25) is 4.79 Å². The van der Waals surface area contributed by atoms with Crippen LogP contribution in [0.15, 0.2) is 36.9 Å². The molecule has 0 spiro atoms. The maximum atomic E-state index is 12.7. The summed E-state index contributed by atoms with van der Waals surface area (Å²) in [6.45, 7) is 11.5. The molecule has 1 aromatic carbocycles. The summed E-state index contributed by atoms with van der Waals surface area (Å²) in [6, 6.07) is 6.43. The number of halogens is 2. The molecule has 0 radical (unpaired) electrons. The quantitative estimate of drug-likeness (QED) is 0.394. The van der Waals surface area contributed by atoms with Crippen molar-refractivity contribution in [3.8, 4) is 0 Å². The minimum atomic E-state index is -0.227. The summed E-state index contributed by atoms with van der Waals surface area (Å²) < 4.78 is 12.7. The molecule has 0 amide bonds. The maximum absolute atomic E-state index is 12.7. The number of benzene rings is 1. The van der Waals surface area contributed by atoms with Crippen LogP contribution in [-0.2, 0) is 4.79 Å². The predicted octanol–water partition coefficient (Wildman–Crippen LogP) is 6.63. The highest BCUT2D eigenvalue weighted by Gasteiger charge is 2.08. The third kappa shape index (κ3) is 11.4. The number of carbonyl (C=O) groups excluding carboxylic acids is 1. The Hall–Kier alpha value is -0.960. The van der Waals surface area contributed by atoms with E-state index in [9.17, 15) is 9.18 Å². The summed E-state index contributed by atoms with van der Waals surface area (Å²) in [7, 11) is 0. The summed E-state index contributed by atoms with van der Waals surface area (Å²) >= 11 is 3.55. The zero-order chi connectivity index (χ0) is 16.7. The van der Waals surface area contributed by atoms with Gasteiger partial charge in [0.2, 0.25) is 0 Å². The van der Waals surface area contributed by atoms with Crippen molar-refractivity contribution < 1.29 is 9.18 Å². The molecular weight excluding hydrogens is 331 g/mol. The van der Waals surface area contributed by atoms with Gasteiger partial charge >= 0.3 is 0 Å². The molecule has 0 aromatic heterocycles. The highest BCUT2D eigenvalue weighted by atomic mass is 79.9. The zero-order valence-electron chi connectivity index (χ0n) is 13.7. The first-order valence-electron chi connectivity index (χ1n) is 7.65. The van der Waals surface area contributed by atoms with E-state index in [1.54, 1.807) is 18.2 Å². The summed E-state index contributed by atoms with van der Waals surface area (Å²) in [4.78, 5) is 11.4. The number of allylic oxidation sites excluding steroid dienone is 1. The number of hydrogen-bond donors (Lipinski definition) is 0. The van der Waals surface area contributed by atoms with Gasteiger partial charge in [-0.2, -0.15) is 0 Å². The molecule has 21 heavy (non-hydrogen) atoms. The maximum Gasteiger partial charge on any atom is 0.136 e. The Morgan fingerprint density at radius 1 is 1.24 bits per heavy atom. The third-order valence-corrected chi connectivity index (χ3v) is 3.50. The van der Waals surface area contributed by atoms with Crippen LogP contribution in [0.4, 0.5) is 4.39 Å². The third-order valence-electron chi connectivity index (χ3n) is 2.52. The van der Waals surface area contributed by atoms with Gasteiger partial charge in [0.15, 0.2) is 0 Å². The molecule has 1 atom stereocenters. The van der Waals surface area contributed by atoms with Crippen LogP contribution in [-0.4, -0.2) is 5.78 Å². The van der Waals surface area contributed by atoms with Crippen molar-refractivity contribution in [2.45, 2.75) is 58.2 Å².